The first-order valence-corrected chi connectivity index (χ1v) is 7.87. The van der Waals surface area contributed by atoms with E-state index in [-0.39, 0.29) is 11.5 Å². The lowest BCUT2D eigenvalue weighted by Crippen LogP contribution is -2.42. The lowest BCUT2D eigenvalue weighted by atomic mass is 9.71. The smallest absolute Gasteiger partial charge is 0.210 e. The van der Waals surface area contributed by atoms with Crippen molar-refractivity contribution in [3.8, 4) is 0 Å². The molecule has 1 heterocycles. The van der Waals surface area contributed by atoms with Gasteiger partial charge in [-0.3, -0.25) is 4.79 Å². The Morgan fingerprint density at radius 2 is 1.82 bits per heavy atom. The van der Waals surface area contributed by atoms with Gasteiger partial charge in [0.25, 0.3) is 0 Å². The summed E-state index contributed by atoms with van der Waals surface area (Å²) in [6, 6.07) is 19.2. The van der Waals surface area contributed by atoms with E-state index >= 15 is 0 Å². The van der Waals surface area contributed by atoms with E-state index in [2.05, 4.69) is 60.7 Å². The molecule has 2 atom stereocenters. The third-order valence-corrected chi connectivity index (χ3v) is 5.17. The number of amides is 1. The highest BCUT2D eigenvalue weighted by Crippen LogP contribution is 2.48. The van der Waals surface area contributed by atoms with E-state index in [0.29, 0.717) is 0 Å². The number of likely N-dealkylation sites (tertiary alicyclic amines) is 1. The van der Waals surface area contributed by atoms with E-state index in [1.54, 1.807) is 0 Å². The van der Waals surface area contributed by atoms with Crippen LogP contribution in [-0.2, 0) is 10.2 Å². The van der Waals surface area contributed by atoms with E-state index < -0.39 is 0 Å². The Bertz CT molecular complexity index is 721. The van der Waals surface area contributed by atoms with Gasteiger partial charge in [0.15, 0.2) is 0 Å². The lowest BCUT2D eigenvalue weighted by Gasteiger charge is -2.43. The summed E-state index contributed by atoms with van der Waals surface area (Å²) in [7, 11) is 0. The fraction of sp³-hybridized carbons (Fsp3) is 0.250. The first kappa shape index (κ1) is 13.3. The molecule has 1 aliphatic carbocycles. The largest absolute Gasteiger partial charge is 0.338 e. The molecule has 0 aromatic heterocycles. The monoisotopic (exact) mass is 289 g/mol. The summed E-state index contributed by atoms with van der Waals surface area (Å²) in [6.45, 7) is 0.807. The van der Waals surface area contributed by atoms with E-state index in [0.717, 1.165) is 25.8 Å². The summed E-state index contributed by atoms with van der Waals surface area (Å²) >= 11 is 0. The van der Waals surface area contributed by atoms with Gasteiger partial charge in [-0.15, -0.1) is 0 Å². The van der Waals surface area contributed by atoms with Crippen molar-refractivity contribution in [2.45, 2.75) is 24.3 Å². The van der Waals surface area contributed by atoms with Gasteiger partial charge < -0.3 is 4.90 Å². The molecule has 1 aliphatic heterocycles. The van der Waals surface area contributed by atoms with Gasteiger partial charge in [-0.05, 0) is 29.5 Å². The van der Waals surface area contributed by atoms with Crippen molar-refractivity contribution in [2.75, 3.05) is 6.54 Å². The molecule has 4 rings (SSSR count). The number of rotatable bonds is 2. The Labute approximate surface area is 131 Å². The number of carbonyl (C=O) groups is 1. The highest BCUT2D eigenvalue weighted by molar-refractivity contribution is 5.66. The summed E-state index contributed by atoms with van der Waals surface area (Å²) in [5, 5.41) is 0. The van der Waals surface area contributed by atoms with E-state index in [1.165, 1.54) is 16.7 Å². The van der Waals surface area contributed by atoms with Crippen molar-refractivity contribution >= 4 is 12.5 Å². The molecule has 2 nitrogen and oxygen atoms in total. The molecule has 2 heteroatoms. The highest BCUT2D eigenvalue weighted by Gasteiger charge is 2.42. The normalized spacial score (nSPS) is 26.2. The molecule has 1 fully saturated rings. The lowest BCUT2D eigenvalue weighted by molar-refractivity contribution is -0.122. The van der Waals surface area contributed by atoms with Crippen LogP contribution in [0.3, 0.4) is 0 Å². The van der Waals surface area contributed by atoms with Crippen LogP contribution in [-0.4, -0.2) is 17.9 Å². The van der Waals surface area contributed by atoms with Crippen LogP contribution < -0.4 is 0 Å². The molecule has 2 aromatic rings. The number of hydrogen-bond acceptors (Lipinski definition) is 1. The molecular weight excluding hydrogens is 270 g/mol. The fourth-order valence-electron chi connectivity index (χ4n) is 3.99. The van der Waals surface area contributed by atoms with Crippen molar-refractivity contribution < 1.29 is 4.79 Å². The van der Waals surface area contributed by atoms with Gasteiger partial charge in [-0.1, -0.05) is 66.7 Å². The molecule has 22 heavy (non-hydrogen) atoms. The molecule has 1 saturated heterocycles. The SMILES string of the molecule is O=CN1CCC2(C=Cc3ccccc32)CC1c1ccccc1. The van der Waals surface area contributed by atoms with Crippen molar-refractivity contribution in [3.63, 3.8) is 0 Å². The zero-order valence-electron chi connectivity index (χ0n) is 12.5. The standard InChI is InChI=1S/C20H19NO/c22-15-21-13-12-20(11-10-16-6-4-5-9-18(16)20)14-19(21)17-7-2-1-3-8-17/h1-11,15,19H,12-14H2. The summed E-state index contributed by atoms with van der Waals surface area (Å²) < 4.78 is 0. The van der Waals surface area contributed by atoms with Crippen LogP contribution in [0.5, 0.6) is 0 Å². The van der Waals surface area contributed by atoms with Crippen LogP contribution in [0.4, 0.5) is 0 Å². The van der Waals surface area contributed by atoms with E-state index in [1.807, 2.05) is 11.0 Å². The Hall–Kier alpha value is -2.35. The second-order valence-corrected chi connectivity index (χ2v) is 6.30. The van der Waals surface area contributed by atoms with Gasteiger partial charge in [0.1, 0.15) is 0 Å². The zero-order valence-corrected chi connectivity index (χ0v) is 12.5. The Morgan fingerprint density at radius 3 is 2.64 bits per heavy atom. The molecular formula is C20H19NO. The van der Waals surface area contributed by atoms with Crippen LogP contribution in [0.1, 0.15) is 35.6 Å². The molecule has 1 amide bonds. The molecule has 0 radical (unpaired) electrons. The van der Waals surface area contributed by atoms with Crippen LogP contribution in [0, 0.1) is 0 Å². The minimum atomic E-state index is 0.0800. The number of piperidine rings is 1. The topological polar surface area (TPSA) is 20.3 Å². The van der Waals surface area contributed by atoms with Gasteiger partial charge in [-0.25, -0.2) is 0 Å². The third-order valence-electron chi connectivity index (χ3n) is 5.17. The third kappa shape index (κ3) is 1.98. The summed E-state index contributed by atoms with van der Waals surface area (Å²) in [6.07, 6.45) is 7.57. The maximum atomic E-state index is 11.5. The van der Waals surface area contributed by atoms with Crippen molar-refractivity contribution in [3.05, 3.63) is 77.4 Å². The first-order valence-electron chi connectivity index (χ1n) is 7.87. The number of carbonyl (C=O) groups excluding carboxylic acids is 1. The Kier molecular flexibility index (Phi) is 3.11. The summed E-state index contributed by atoms with van der Waals surface area (Å²) in [5.74, 6) is 0. The van der Waals surface area contributed by atoms with Gasteiger partial charge in [0.05, 0.1) is 6.04 Å². The van der Waals surface area contributed by atoms with Crippen LogP contribution in [0.2, 0.25) is 0 Å². The maximum absolute atomic E-state index is 11.5. The fourth-order valence-corrected chi connectivity index (χ4v) is 3.99. The van der Waals surface area contributed by atoms with Crippen LogP contribution >= 0.6 is 0 Å². The predicted molar refractivity (Wildman–Crippen MR) is 88.3 cm³/mol. The minimum Gasteiger partial charge on any atom is -0.338 e. The van der Waals surface area contributed by atoms with Gasteiger partial charge in [-0.2, -0.15) is 0 Å². The Morgan fingerprint density at radius 1 is 1.05 bits per heavy atom. The summed E-state index contributed by atoms with van der Waals surface area (Å²) in [5.41, 5.74) is 4.05. The molecule has 1 spiro atoms. The van der Waals surface area contributed by atoms with Crippen molar-refractivity contribution in [1.82, 2.24) is 4.90 Å². The quantitative estimate of drug-likeness (QED) is 0.767. The number of hydrogen-bond donors (Lipinski definition) is 0. The van der Waals surface area contributed by atoms with Crippen molar-refractivity contribution in [1.29, 1.82) is 0 Å². The average Bonchev–Trinajstić information content (AvgIpc) is 2.94. The average molecular weight is 289 g/mol. The second-order valence-electron chi connectivity index (χ2n) is 6.30. The van der Waals surface area contributed by atoms with Gasteiger partial charge >= 0.3 is 0 Å². The van der Waals surface area contributed by atoms with Crippen LogP contribution in [0.25, 0.3) is 6.08 Å². The molecule has 0 saturated carbocycles. The molecule has 110 valence electrons. The van der Waals surface area contributed by atoms with Crippen molar-refractivity contribution in [2.24, 2.45) is 0 Å². The maximum Gasteiger partial charge on any atom is 0.210 e. The van der Waals surface area contributed by atoms with Gasteiger partial charge in [0, 0.05) is 12.0 Å². The zero-order chi connectivity index (χ0) is 15.0. The number of fused-ring (bicyclic) bond motifs is 2. The highest BCUT2D eigenvalue weighted by atomic mass is 16.1. The molecule has 0 N–H and O–H groups in total. The molecule has 2 aliphatic rings. The second kappa shape index (κ2) is 5.13. The molecule has 0 bridgehead atoms. The van der Waals surface area contributed by atoms with Crippen LogP contribution in [0.15, 0.2) is 60.7 Å². The Balaban J connectivity index is 1.74. The number of benzene rings is 2. The molecule has 2 unspecified atom stereocenters. The molecule has 2 aromatic carbocycles. The minimum absolute atomic E-state index is 0.0800. The summed E-state index contributed by atoms with van der Waals surface area (Å²) in [4.78, 5) is 13.5. The predicted octanol–water partition coefficient (Wildman–Crippen LogP) is 3.94. The van der Waals surface area contributed by atoms with E-state index in [9.17, 15) is 4.79 Å². The van der Waals surface area contributed by atoms with E-state index in [4.69, 9.17) is 0 Å². The first-order chi connectivity index (χ1) is 10.8. The number of allylic oxidation sites excluding steroid dienone is 1. The number of nitrogens with zero attached hydrogens (tertiary/aromatic N) is 1. The van der Waals surface area contributed by atoms with Gasteiger partial charge in [0.2, 0.25) is 6.41 Å².